The number of fused-ring (bicyclic) bond motifs is 2. The van der Waals surface area contributed by atoms with E-state index in [0.29, 0.717) is 12.8 Å². The van der Waals surface area contributed by atoms with Crippen molar-refractivity contribution in [2.75, 3.05) is 30.0 Å². The first-order chi connectivity index (χ1) is 18.4. The van der Waals surface area contributed by atoms with Crippen LogP contribution in [-0.2, 0) is 9.59 Å². The molecule has 2 aliphatic rings. The fourth-order valence-corrected chi connectivity index (χ4v) is 6.01. The maximum Gasteiger partial charge on any atom is 0.224 e. The second-order valence-corrected chi connectivity index (χ2v) is 10.0. The molecule has 0 bridgehead atoms. The molecule has 3 unspecified atom stereocenters. The molecule has 5 rings (SSSR count). The zero-order chi connectivity index (χ0) is 26.8. The topological polar surface area (TPSA) is 62.2 Å². The molecule has 6 heteroatoms. The molecule has 6 nitrogen and oxygen atoms in total. The second kappa shape index (κ2) is 10.8. The molecule has 1 saturated carbocycles. The van der Waals surface area contributed by atoms with E-state index in [-0.39, 0.29) is 17.6 Å². The Kier molecular flexibility index (Phi) is 7.32. The molecule has 0 radical (unpaired) electrons. The molecule has 1 amide bonds. The van der Waals surface area contributed by atoms with E-state index in [1.165, 1.54) is 0 Å². The number of amides is 1. The van der Waals surface area contributed by atoms with Crippen LogP contribution in [0.15, 0.2) is 77.8 Å². The van der Waals surface area contributed by atoms with Crippen LogP contribution in [0.1, 0.15) is 56.7 Å². The summed E-state index contributed by atoms with van der Waals surface area (Å²) >= 11 is 0. The average Bonchev–Trinajstić information content (AvgIpc) is 3.09. The lowest BCUT2D eigenvalue weighted by atomic mass is 9.72. The van der Waals surface area contributed by atoms with E-state index in [2.05, 4.69) is 49.1 Å². The molecule has 196 valence electrons. The maximum absolute atomic E-state index is 14.0. The zero-order valence-corrected chi connectivity index (χ0v) is 22.6. The number of rotatable bonds is 6. The zero-order valence-electron chi connectivity index (χ0n) is 22.6. The van der Waals surface area contributed by atoms with Crippen LogP contribution in [-0.4, -0.2) is 37.6 Å². The fraction of sp³-hybridized carbons (Fsp3) is 0.344. The van der Waals surface area contributed by atoms with Crippen molar-refractivity contribution in [3.63, 3.8) is 0 Å². The Morgan fingerprint density at radius 3 is 2.39 bits per heavy atom. The van der Waals surface area contributed by atoms with Gasteiger partial charge in [0.25, 0.3) is 0 Å². The van der Waals surface area contributed by atoms with Crippen molar-refractivity contribution < 1.29 is 14.3 Å². The van der Waals surface area contributed by atoms with Gasteiger partial charge in [-0.1, -0.05) is 36.4 Å². The van der Waals surface area contributed by atoms with Crippen LogP contribution in [0.2, 0.25) is 0 Å². The van der Waals surface area contributed by atoms with Gasteiger partial charge in [-0.15, -0.1) is 0 Å². The molecule has 38 heavy (non-hydrogen) atoms. The summed E-state index contributed by atoms with van der Waals surface area (Å²) in [6.07, 6.45) is 1.05. The lowest BCUT2D eigenvalue weighted by Crippen LogP contribution is -2.45. The molecule has 0 aromatic heterocycles. The highest BCUT2D eigenvalue weighted by Crippen LogP contribution is 2.47. The minimum atomic E-state index is -0.507. The summed E-state index contributed by atoms with van der Waals surface area (Å²) in [5.41, 5.74) is 5.44. The Bertz CT molecular complexity index is 1360. The number of benzene rings is 3. The molecule has 3 atom stereocenters. The number of ketones is 1. The lowest BCUT2D eigenvalue weighted by molar-refractivity contribution is -0.123. The summed E-state index contributed by atoms with van der Waals surface area (Å²) < 4.78 is 5.44. The monoisotopic (exact) mass is 509 g/mol. The number of carbonyl (C=O) groups excluding carboxylic acids is 2. The molecule has 3 aromatic rings. The lowest BCUT2D eigenvalue weighted by Gasteiger charge is -2.38. The Labute approximate surface area is 224 Å². The van der Waals surface area contributed by atoms with E-state index in [1.807, 2.05) is 42.5 Å². The predicted molar refractivity (Wildman–Crippen MR) is 153 cm³/mol. The summed E-state index contributed by atoms with van der Waals surface area (Å²) in [7, 11) is 1.65. The number of anilines is 2. The third-order valence-electron chi connectivity index (χ3n) is 7.88. The summed E-state index contributed by atoms with van der Waals surface area (Å²) in [6.45, 7) is 7.68. The van der Waals surface area contributed by atoms with Crippen molar-refractivity contribution in [3.05, 3.63) is 83.9 Å². The molecule has 1 heterocycles. The molecule has 1 aliphatic carbocycles. The van der Waals surface area contributed by atoms with Gasteiger partial charge < -0.3 is 14.5 Å². The van der Waals surface area contributed by atoms with E-state index >= 15 is 0 Å². The number of ether oxygens (including phenoxy) is 1. The van der Waals surface area contributed by atoms with Crippen LogP contribution < -0.4 is 14.5 Å². The first-order valence-electron chi connectivity index (χ1n) is 13.4. The number of hydrogen-bond donors (Lipinski definition) is 0. The molecule has 0 spiro atoms. The predicted octanol–water partition coefficient (Wildman–Crippen LogP) is 6.48. The van der Waals surface area contributed by atoms with Gasteiger partial charge in [0, 0.05) is 37.8 Å². The molecule has 3 aromatic carbocycles. The number of Topliss-reactive ketones (excluding diaryl/α,β-unsaturated/α-hetero) is 1. The molecular weight excluding hydrogens is 474 g/mol. The summed E-state index contributed by atoms with van der Waals surface area (Å²) in [4.78, 5) is 36.4. The minimum absolute atomic E-state index is 0.00864. The van der Waals surface area contributed by atoms with Gasteiger partial charge in [0.1, 0.15) is 11.5 Å². The number of methoxy groups -OCH3 is 1. The third-order valence-corrected chi connectivity index (χ3v) is 7.88. The summed E-state index contributed by atoms with van der Waals surface area (Å²) in [5, 5.41) is 0. The molecule has 1 aliphatic heterocycles. The van der Waals surface area contributed by atoms with Crippen molar-refractivity contribution in [2.24, 2.45) is 10.9 Å². The van der Waals surface area contributed by atoms with Gasteiger partial charge in [0.2, 0.25) is 5.91 Å². The number of carbonyl (C=O) groups is 2. The smallest absolute Gasteiger partial charge is 0.224 e. The van der Waals surface area contributed by atoms with Crippen LogP contribution in [0.5, 0.6) is 5.75 Å². The Morgan fingerprint density at radius 2 is 1.71 bits per heavy atom. The van der Waals surface area contributed by atoms with E-state index in [1.54, 1.807) is 18.9 Å². The van der Waals surface area contributed by atoms with Crippen LogP contribution in [0.3, 0.4) is 0 Å². The number of aliphatic imine (C=N–C) groups is 1. The van der Waals surface area contributed by atoms with Crippen molar-refractivity contribution in [1.82, 2.24) is 0 Å². The van der Waals surface area contributed by atoms with Crippen molar-refractivity contribution >= 4 is 34.5 Å². The van der Waals surface area contributed by atoms with Crippen LogP contribution in [0.25, 0.3) is 0 Å². The highest BCUT2D eigenvalue weighted by atomic mass is 16.5. The van der Waals surface area contributed by atoms with Crippen LogP contribution >= 0.6 is 0 Å². The largest absolute Gasteiger partial charge is 0.497 e. The number of hydrogen-bond acceptors (Lipinski definition) is 5. The van der Waals surface area contributed by atoms with Gasteiger partial charge in [-0.25, -0.2) is 0 Å². The van der Waals surface area contributed by atoms with Crippen molar-refractivity contribution in [3.8, 4) is 5.75 Å². The Hall–Kier alpha value is -3.93. The third kappa shape index (κ3) is 4.71. The second-order valence-electron chi connectivity index (χ2n) is 10.0. The van der Waals surface area contributed by atoms with E-state index in [4.69, 9.17) is 9.73 Å². The van der Waals surface area contributed by atoms with E-state index in [9.17, 15) is 9.59 Å². The number of nitrogens with zero attached hydrogens (tertiary/aromatic N) is 3. The normalized spacial score (nSPS) is 20.6. The van der Waals surface area contributed by atoms with Gasteiger partial charge in [0.15, 0.2) is 0 Å². The van der Waals surface area contributed by atoms with Gasteiger partial charge in [0.05, 0.1) is 30.4 Å². The molecule has 0 saturated heterocycles. The maximum atomic E-state index is 14.0. The van der Waals surface area contributed by atoms with Crippen molar-refractivity contribution in [2.45, 2.75) is 45.6 Å². The van der Waals surface area contributed by atoms with Gasteiger partial charge in [-0.3, -0.25) is 14.6 Å². The highest BCUT2D eigenvalue weighted by molar-refractivity contribution is 6.13. The van der Waals surface area contributed by atoms with Gasteiger partial charge in [-0.05, 0) is 73.7 Å². The highest BCUT2D eigenvalue weighted by Gasteiger charge is 2.45. The average molecular weight is 510 g/mol. The summed E-state index contributed by atoms with van der Waals surface area (Å²) in [6, 6.07) is 23.5. The standard InChI is InChI=1S/C32H35N3O3/c1-5-34(6-2)25-16-14-22(15-17-25)32-31-28(33-27-12-7-8-13-29(27)35(32)21(3)36)19-24(20-30(31)37)23-10-9-11-26(18-23)38-4/h7-18,24,31-32H,5-6,19-20H2,1-4H3. The van der Waals surface area contributed by atoms with Crippen LogP contribution in [0.4, 0.5) is 17.1 Å². The molecule has 1 fully saturated rings. The Morgan fingerprint density at radius 1 is 0.974 bits per heavy atom. The first kappa shape index (κ1) is 25.7. The van der Waals surface area contributed by atoms with Gasteiger partial charge in [-0.2, -0.15) is 0 Å². The SMILES string of the molecule is CCN(CC)c1ccc(C2C3C(=O)CC(c4cccc(OC)c4)CC3=Nc3ccccc3N2C(C)=O)cc1. The minimum Gasteiger partial charge on any atom is -0.497 e. The molecular formula is C32H35N3O3. The fourth-order valence-electron chi connectivity index (χ4n) is 6.01. The molecule has 0 N–H and O–H groups in total. The van der Waals surface area contributed by atoms with Crippen LogP contribution in [0, 0.1) is 5.92 Å². The van der Waals surface area contributed by atoms with E-state index < -0.39 is 12.0 Å². The number of para-hydroxylation sites is 2. The van der Waals surface area contributed by atoms with E-state index in [0.717, 1.165) is 52.7 Å². The quantitative estimate of drug-likeness (QED) is 0.381. The summed E-state index contributed by atoms with van der Waals surface area (Å²) in [5.74, 6) is 0.287. The Balaban J connectivity index is 1.62. The first-order valence-corrected chi connectivity index (χ1v) is 13.4. The van der Waals surface area contributed by atoms with Crippen molar-refractivity contribution in [1.29, 1.82) is 0 Å². The van der Waals surface area contributed by atoms with Gasteiger partial charge >= 0.3 is 0 Å².